The largest absolute Gasteiger partial charge is 0.481 e. The molecule has 0 saturated carbocycles. The first kappa shape index (κ1) is 55.1. The third kappa shape index (κ3) is 28.6. The lowest BCUT2D eigenvalue weighted by Crippen LogP contribution is -2.34. The molecule has 0 saturated heterocycles. The molecule has 1 aromatic heterocycles. The third-order valence-corrected chi connectivity index (χ3v) is 9.19. The molecule has 0 spiro atoms. The molecular formula is C43H78N6O13. The van der Waals surface area contributed by atoms with E-state index in [4.69, 9.17) is 58.2 Å². The van der Waals surface area contributed by atoms with Gasteiger partial charge in [-0.25, -0.2) is 4.99 Å². The van der Waals surface area contributed by atoms with E-state index >= 15 is 0 Å². The number of carbonyl (C=O) groups is 2. The van der Waals surface area contributed by atoms with Gasteiger partial charge in [0.25, 0.3) is 0 Å². The lowest BCUT2D eigenvalue weighted by molar-refractivity contribution is -0.138. The van der Waals surface area contributed by atoms with Crippen LogP contribution >= 0.6 is 0 Å². The summed E-state index contributed by atoms with van der Waals surface area (Å²) >= 11 is 0. The van der Waals surface area contributed by atoms with Gasteiger partial charge in [-0.2, -0.15) is 5.10 Å². The number of hydrogen-bond acceptors (Lipinski definition) is 16. The predicted molar refractivity (Wildman–Crippen MR) is 235 cm³/mol. The van der Waals surface area contributed by atoms with Gasteiger partial charge in [0.05, 0.1) is 150 Å². The standard InChI is InChI=1S/C43H78N6O13/c1-4-10-48(11-5-2)43(52)38-35-40-39(46-41(44)36-38)37-45-49(40)13-8-6-7-12-47(3)14-16-54-18-20-56-22-24-58-26-28-60-30-32-62-34-33-61-31-29-59-27-25-57-23-21-55-19-17-53-15-9-42(50)51/h35,37H,4-34,36H2,1-3H3,(H2,44,46)(H,50,51). The predicted octanol–water partition coefficient (Wildman–Crippen LogP) is 3.05. The molecule has 19 nitrogen and oxygen atoms in total. The maximum atomic E-state index is 13.4. The molecule has 1 aliphatic rings. The SMILES string of the molecule is CCCN(CCC)C(=O)C1=Cc2c(cnn2CCCCCN(C)CCOCCOCCOCCOCCOCCOCCOCCOCCOCCOCCC(=O)O)N=C(N)C1. The molecule has 1 amide bonds. The number of amidine groups is 1. The Hall–Kier alpha value is -3.08. The number of nitrogens with zero attached hydrogens (tertiary/aromatic N) is 5. The number of unbranched alkanes of at least 4 members (excludes halogenated alkanes) is 2. The molecule has 62 heavy (non-hydrogen) atoms. The minimum Gasteiger partial charge on any atom is -0.481 e. The Balaban J connectivity index is 1.31. The normalized spacial score (nSPS) is 12.7. The van der Waals surface area contributed by atoms with Crippen molar-refractivity contribution in [2.45, 2.75) is 65.3 Å². The number of rotatable bonds is 44. The number of carboxylic acids is 1. The van der Waals surface area contributed by atoms with Crippen LogP contribution in [-0.2, 0) is 63.5 Å². The Morgan fingerprint density at radius 2 is 1.06 bits per heavy atom. The molecule has 2 rings (SSSR count). The molecule has 0 bridgehead atoms. The van der Waals surface area contributed by atoms with Crippen LogP contribution in [0.1, 0.15) is 64.5 Å². The van der Waals surface area contributed by atoms with Crippen LogP contribution in [0.4, 0.5) is 5.69 Å². The lowest BCUT2D eigenvalue weighted by Gasteiger charge is -2.22. The van der Waals surface area contributed by atoms with Crippen LogP contribution in [0.5, 0.6) is 0 Å². The number of aromatic nitrogens is 2. The molecule has 0 aliphatic carbocycles. The van der Waals surface area contributed by atoms with Crippen molar-refractivity contribution in [3.63, 3.8) is 0 Å². The van der Waals surface area contributed by atoms with Crippen molar-refractivity contribution in [1.82, 2.24) is 19.6 Å². The summed E-state index contributed by atoms with van der Waals surface area (Å²) < 4.78 is 56.7. The second kappa shape index (κ2) is 38.4. The van der Waals surface area contributed by atoms with Crippen molar-refractivity contribution < 1.29 is 62.1 Å². The van der Waals surface area contributed by atoms with E-state index in [1.807, 2.05) is 15.7 Å². The average Bonchev–Trinajstić information content (AvgIpc) is 3.53. The molecule has 2 heterocycles. The number of fused-ring (bicyclic) bond motifs is 1. The average molecular weight is 887 g/mol. The zero-order valence-corrected chi connectivity index (χ0v) is 37.9. The van der Waals surface area contributed by atoms with Gasteiger partial charge in [-0.1, -0.05) is 20.3 Å². The van der Waals surface area contributed by atoms with Crippen LogP contribution in [0.25, 0.3) is 6.08 Å². The van der Waals surface area contributed by atoms with E-state index in [-0.39, 0.29) is 18.9 Å². The Morgan fingerprint density at radius 1 is 0.629 bits per heavy atom. The van der Waals surface area contributed by atoms with Gasteiger partial charge < -0.3 is 68.0 Å². The number of amides is 1. The molecule has 0 unspecified atom stereocenters. The highest BCUT2D eigenvalue weighted by Gasteiger charge is 2.22. The number of carboxylic acid groups (broad SMARTS) is 1. The van der Waals surface area contributed by atoms with Gasteiger partial charge in [-0.15, -0.1) is 0 Å². The van der Waals surface area contributed by atoms with Crippen molar-refractivity contribution in [1.29, 1.82) is 0 Å². The number of hydrogen-bond donors (Lipinski definition) is 2. The molecule has 3 N–H and O–H groups in total. The zero-order chi connectivity index (χ0) is 44.7. The molecular weight excluding hydrogens is 809 g/mol. The molecule has 0 atom stereocenters. The smallest absolute Gasteiger partial charge is 0.305 e. The van der Waals surface area contributed by atoms with Gasteiger partial charge >= 0.3 is 5.97 Å². The van der Waals surface area contributed by atoms with Gasteiger partial charge in [0.2, 0.25) is 5.91 Å². The van der Waals surface area contributed by atoms with E-state index < -0.39 is 5.97 Å². The topological polar surface area (TPSA) is 209 Å². The third-order valence-electron chi connectivity index (χ3n) is 9.19. The summed E-state index contributed by atoms with van der Waals surface area (Å²) in [5, 5.41) is 13.1. The van der Waals surface area contributed by atoms with Crippen LogP contribution in [-0.4, -0.2) is 208 Å². The highest BCUT2D eigenvalue weighted by atomic mass is 16.6. The minimum absolute atomic E-state index is 0.00609. The number of aliphatic carboxylic acids is 1. The second-order valence-electron chi connectivity index (χ2n) is 14.5. The molecule has 1 aromatic rings. The summed E-state index contributed by atoms with van der Waals surface area (Å²) in [4.78, 5) is 32.5. The highest BCUT2D eigenvalue weighted by molar-refractivity contribution is 6.05. The first-order chi connectivity index (χ1) is 30.3. The summed E-state index contributed by atoms with van der Waals surface area (Å²) in [6.07, 6.45) is 8.96. The quantitative estimate of drug-likeness (QED) is 0.0903. The van der Waals surface area contributed by atoms with E-state index in [2.05, 4.69) is 35.9 Å². The van der Waals surface area contributed by atoms with Gasteiger partial charge in [0, 0.05) is 38.2 Å². The molecule has 0 fully saturated rings. The number of nitrogens with two attached hydrogens (primary N) is 1. The van der Waals surface area contributed by atoms with Crippen molar-refractivity contribution in [3.05, 3.63) is 17.5 Å². The van der Waals surface area contributed by atoms with Crippen LogP contribution in [0.15, 0.2) is 16.8 Å². The fraction of sp³-hybridized carbons (Fsp3) is 0.814. The Labute approximate surface area is 369 Å². The van der Waals surface area contributed by atoms with E-state index in [0.29, 0.717) is 143 Å². The number of likely N-dealkylation sites (N-methyl/N-ethyl adjacent to an activating group) is 1. The van der Waals surface area contributed by atoms with Crippen LogP contribution in [0.3, 0.4) is 0 Å². The summed E-state index contributed by atoms with van der Waals surface area (Å²) in [5.74, 6) is -0.402. The molecule has 1 aliphatic heterocycles. The number of aryl methyl sites for hydroxylation is 1. The van der Waals surface area contributed by atoms with E-state index in [1.54, 1.807) is 6.20 Å². The van der Waals surface area contributed by atoms with Crippen molar-refractivity contribution in [2.24, 2.45) is 10.7 Å². The second-order valence-corrected chi connectivity index (χ2v) is 14.5. The summed E-state index contributed by atoms with van der Waals surface area (Å²) in [6.45, 7) is 17.6. The monoisotopic (exact) mass is 887 g/mol. The van der Waals surface area contributed by atoms with E-state index in [0.717, 1.165) is 76.2 Å². The number of carbonyl (C=O) groups excluding carboxylic acids is 1. The van der Waals surface area contributed by atoms with Gasteiger partial charge in [0.1, 0.15) is 11.5 Å². The first-order valence-electron chi connectivity index (χ1n) is 22.4. The Bertz CT molecular complexity index is 1330. The van der Waals surface area contributed by atoms with E-state index in [1.165, 1.54) is 0 Å². The first-order valence-corrected chi connectivity index (χ1v) is 22.4. The summed E-state index contributed by atoms with van der Waals surface area (Å²) in [7, 11) is 2.11. The fourth-order valence-corrected chi connectivity index (χ4v) is 5.99. The van der Waals surface area contributed by atoms with E-state index in [9.17, 15) is 9.59 Å². The summed E-state index contributed by atoms with van der Waals surface area (Å²) in [5.41, 5.74) is 8.44. The molecule has 0 aromatic carbocycles. The van der Waals surface area contributed by atoms with Crippen molar-refractivity contribution in [2.75, 3.05) is 165 Å². The van der Waals surface area contributed by atoms with Crippen LogP contribution in [0.2, 0.25) is 0 Å². The molecule has 19 heteroatoms. The van der Waals surface area contributed by atoms with Gasteiger partial charge in [0.15, 0.2) is 0 Å². The molecule has 0 radical (unpaired) electrons. The highest BCUT2D eigenvalue weighted by Crippen LogP contribution is 2.27. The maximum Gasteiger partial charge on any atom is 0.305 e. The molecule has 358 valence electrons. The summed E-state index contributed by atoms with van der Waals surface area (Å²) in [6, 6.07) is 0. The number of ether oxygens (including phenoxy) is 10. The van der Waals surface area contributed by atoms with Crippen molar-refractivity contribution in [3.8, 4) is 0 Å². The lowest BCUT2D eigenvalue weighted by atomic mass is 10.1. The maximum absolute atomic E-state index is 13.4. The van der Waals surface area contributed by atoms with Crippen LogP contribution < -0.4 is 5.73 Å². The van der Waals surface area contributed by atoms with Gasteiger partial charge in [-0.3, -0.25) is 14.3 Å². The van der Waals surface area contributed by atoms with Crippen LogP contribution in [0, 0.1) is 0 Å². The Kier molecular flexibility index (Phi) is 34.1. The number of aliphatic imine (C=N–C) groups is 1. The minimum atomic E-state index is -0.876. The zero-order valence-electron chi connectivity index (χ0n) is 37.9. The fourth-order valence-electron chi connectivity index (χ4n) is 5.99. The van der Waals surface area contributed by atoms with Gasteiger partial charge in [-0.05, 0) is 45.4 Å². The van der Waals surface area contributed by atoms with Crippen molar-refractivity contribution >= 4 is 29.5 Å². The Morgan fingerprint density at radius 3 is 1.50 bits per heavy atom.